The first-order valence-electron chi connectivity index (χ1n) is 7.86. The Labute approximate surface area is 148 Å². The molecule has 3 aromatic rings. The van der Waals surface area contributed by atoms with Crippen LogP contribution in [0.5, 0.6) is 5.75 Å². The van der Waals surface area contributed by atoms with E-state index in [1.165, 1.54) is 0 Å². The molecular weight excluding hydrogens is 366 g/mol. The number of benzene rings is 2. The van der Waals surface area contributed by atoms with Crippen molar-refractivity contribution < 1.29 is 9.53 Å². The van der Waals surface area contributed by atoms with Gasteiger partial charge in [-0.3, -0.25) is 4.79 Å². The van der Waals surface area contributed by atoms with Crippen LogP contribution >= 0.6 is 15.9 Å². The van der Waals surface area contributed by atoms with Crippen LogP contribution < -0.4 is 4.74 Å². The van der Waals surface area contributed by atoms with Crippen LogP contribution in [0.2, 0.25) is 0 Å². The summed E-state index contributed by atoms with van der Waals surface area (Å²) in [5.74, 6) is 0.843. The Hall–Kier alpha value is -2.33. The number of carbonyl (C=O) groups is 1. The Balaban J connectivity index is 1.79. The molecule has 1 aliphatic rings. The number of H-pyrrole nitrogens is 1. The van der Waals surface area contributed by atoms with Crippen LogP contribution in [0.25, 0.3) is 17.0 Å². The largest absolute Gasteiger partial charge is 0.496 e. The van der Waals surface area contributed by atoms with Crippen molar-refractivity contribution in [3.63, 3.8) is 0 Å². The number of methoxy groups -OCH3 is 1. The summed E-state index contributed by atoms with van der Waals surface area (Å²) >= 11 is 3.48. The van der Waals surface area contributed by atoms with E-state index in [0.717, 1.165) is 56.4 Å². The predicted octanol–water partition coefficient (Wildman–Crippen LogP) is 5.15. The first kappa shape index (κ1) is 15.2. The number of carbonyl (C=O) groups excluding carboxylic acids is 1. The van der Waals surface area contributed by atoms with Crippen molar-refractivity contribution in [1.29, 1.82) is 0 Å². The minimum absolute atomic E-state index is 0.0782. The van der Waals surface area contributed by atoms with Crippen molar-refractivity contribution in [2.24, 2.45) is 0 Å². The third kappa shape index (κ3) is 2.47. The van der Waals surface area contributed by atoms with Gasteiger partial charge in [-0.05, 0) is 48.7 Å². The summed E-state index contributed by atoms with van der Waals surface area (Å²) in [6, 6.07) is 13.9. The Morgan fingerprint density at radius 3 is 2.83 bits per heavy atom. The maximum atomic E-state index is 12.9. The SMILES string of the molecule is COc1ccc(Br)cc1/C=C1\CCc2c([nH]c3ccccc23)C1=O. The molecule has 0 atom stereocenters. The van der Waals surface area contributed by atoms with Crippen LogP contribution in [0, 0.1) is 0 Å². The van der Waals surface area contributed by atoms with E-state index in [2.05, 4.69) is 27.0 Å². The molecule has 1 aromatic heterocycles. The van der Waals surface area contributed by atoms with Crippen LogP contribution in [-0.2, 0) is 6.42 Å². The van der Waals surface area contributed by atoms with Gasteiger partial charge in [-0.25, -0.2) is 0 Å². The highest BCUT2D eigenvalue weighted by Gasteiger charge is 2.25. The summed E-state index contributed by atoms with van der Waals surface area (Å²) in [6.07, 6.45) is 3.55. The number of hydrogen-bond acceptors (Lipinski definition) is 2. The maximum absolute atomic E-state index is 12.9. The molecule has 0 amide bonds. The van der Waals surface area contributed by atoms with Crippen molar-refractivity contribution in [3.05, 3.63) is 69.3 Å². The molecule has 4 rings (SSSR count). The van der Waals surface area contributed by atoms with Gasteiger partial charge in [0.1, 0.15) is 5.75 Å². The number of para-hydroxylation sites is 1. The molecule has 0 saturated carbocycles. The van der Waals surface area contributed by atoms with Crippen molar-refractivity contribution in [3.8, 4) is 5.75 Å². The quantitative estimate of drug-likeness (QED) is 0.623. The molecule has 0 aliphatic heterocycles. The van der Waals surface area contributed by atoms with Crippen LogP contribution in [0.3, 0.4) is 0 Å². The number of nitrogens with one attached hydrogen (secondary N) is 1. The number of ketones is 1. The highest BCUT2D eigenvalue weighted by Crippen LogP contribution is 2.33. The Morgan fingerprint density at radius 1 is 1.17 bits per heavy atom. The Morgan fingerprint density at radius 2 is 2.00 bits per heavy atom. The number of aryl methyl sites for hydroxylation is 1. The second-order valence-corrected chi connectivity index (χ2v) is 6.82. The van der Waals surface area contributed by atoms with E-state index in [1.54, 1.807) is 7.11 Å². The molecule has 1 N–H and O–H groups in total. The lowest BCUT2D eigenvalue weighted by Gasteiger charge is -2.15. The molecule has 1 aliphatic carbocycles. The zero-order valence-electron chi connectivity index (χ0n) is 13.2. The summed E-state index contributed by atoms with van der Waals surface area (Å²) < 4.78 is 6.37. The number of hydrogen-bond donors (Lipinski definition) is 1. The van der Waals surface area contributed by atoms with Gasteiger partial charge in [0.2, 0.25) is 5.78 Å². The second kappa shape index (κ2) is 5.95. The zero-order valence-corrected chi connectivity index (χ0v) is 14.8. The molecule has 1 heterocycles. The summed E-state index contributed by atoms with van der Waals surface area (Å²) in [6.45, 7) is 0. The smallest absolute Gasteiger partial charge is 0.205 e. The van der Waals surface area contributed by atoms with Crippen LogP contribution in [0.1, 0.15) is 28.0 Å². The number of allylic oxidation sites excluding steroid dienone is 1. The normalized spacial score (nSPS) is 15.8. The number of fused-ring (bicyclic) bond motifs is 3. The van der Waals surface area contributed by atoms with E-state index in [9.17, 15) is 4.79 Å². The maximum Gasteiger partial charge on any atom is 0.205 e. The van der Waals surface area contributed by atoms with E-state index >= 15 is 0 Å². The van der Waals surface area contributed by atoms with Crippen molar-refractivity contribution in [2.45, 2.75) is 12.8 Å². The standard InChI is InChI=1S/C20H16BrNO2/c1-24-18-9-7-14(21)11-13(18)10-12-6-8-16-15-4-2-3-5-17(15)22-19(16)20(12)23/h2-5,7,9-11,22H,6,8H2,1H3/b12-10+. The third-order valence-corrected chi connectivity index (χ3v) is 4.99. The monoisotopic (exact) mass is 381 g/mol. The lowest BCUT2D eigenvalue weighted by Crippen LogP contribution is -2.13. The van der Waals surface area contributed by atoms with Gasteiger partial charge in [0.15, 0.2) is 0 Å². The van der Waals surface area contributed by atoms with Gasteiger partial charge in [0.25, 0.3) is 0 Å². The van der Waals surface area contributed by atoms with Crippen LogP contribution in [0.4, 0.5) is 0 Å². The van der Waals surface area contributed by atoms with Crippen LogP contribution in [-0.4, -0.2) is 17.9 Å². The fraction of sp³-hybridized carbons (Fsp3) is 0.150. The predicted molar refractivity (Wildman–Crippen MR) is 99.6 cm³/mol. The molecule has 0 saturated heterocycles. The molecule has 120 valence electrons. The van der Waals surface area contributed by atoms with Crippen molar-refractivity contribution in [2.75, 3.05) is 7.11 Å². The average Bonchev–Trinajstić information content (AvgIpc) is 2.97. The molecule has 0 bridgehead atoms. The first-order chi connectivity index (χ1) is 11.7. The minimum Gasteiger partial charge on any atom is -0.496 e. The molecule has 24 heavy (non-hydrogen) atoms. The number of ether oxygens (including phenoxy) is 1. The Bertz CT molecular complexity index is 984. The fourth-order valence-corrected chi connectivity index (χ4v) is 3.71. The summed E-state index contributed by atoms with van der Waals surface area (Å²) in [5.41, 5.74) is 4.61. The number of Topliss-reactive ketones (excluding diaryl/α,β-unsaturated/α-hetero) is 1. The Kier molecular flexibility index (Phi) is 3.77. The lowest BCUT2D eigenvalue weighted by atomic mass is 9.89. The van der Waals surface area contributed by atoms with Gasteiger partial charge in [-0.1, -0.05) is 34.1 Å². The molecule has 2 aromatic carbocycles. The van der Waals surface area contributed by atoms with Crippen LogP contribution in [0.15, 0.2) is 52.5 Å². The number of halogens is 1. The summed E-state index contributed by atoms with van der Waals surface area (Å²) in [7, 11) is 1.64. The lowest BCUT2D eigenvalue weighted by molar-refractivity contribution is 0.102. The topological polar surface area (TPSA) is 42.1 Å². The summed E-state index contributed by atoms with van der Waals surface area (Å²) in [4.78, 5) is 16.2. The average molecular weight is 382 g/mol. The van der Waals surface area contributed by atoms with Gasteiger partial charge >= 0.3 is 0 Å². The molecule has 0 radical (unpaired) electrons. The molecule has 0 unspecified atom stereocenters. The van der Waals surface area contributed by atoms with E-state index in [1.807, 2.05) is 42.5 Å². The number of aromatic nitrogens is 1. The summed E-state index contributed by atoms with van der Waals surface area (Å²) in [5, 5.41) is 1.15. The second-order valence-electron chi connectivity index (χ2n) is 5.91. The van der Waals surface area contributed by atoms with Gasteiger partial charge in [0, 0.05) is 26.5 Å². The first-order valence-corrected chi connectivity index (χ1v) is 8.65. The third-order valence-electron chi connectivity index (χ3n) is 4.50. The molecular formula is C20H16BrNO2. The molecule has 3 nitrogen and oxygen atoms in total. The highest BCUT2D eigenvalue weighted by molar-refractivity contribution is 9.10. The van der Waals surface area contributed by atoms with E-state index in [4.69, 9.17) is 4.74 Å². The van der Waals surface area contributed by atoms with E-state index < -0.39 is 0 Å². The van der Waals surface area contributed by atoms with E-state index in [0.29, 0.717) is 0 Å². The fourth-order valence-electron chi connectivity index (χ4n) is 3.33. The van der Waals surface area contributed by atoms with Crippen molar-refractivity contribution in [1.82, 2.24) is 4.98 Å². The van der Waals surface area contributed by atoms with E-state index in [-0.39, 0.29) is 5.78 Å². The molecule has 0 fully saturated rings. The van der Waals surface area contributed by atoms with Gasteiger partial charge in [0.05, 0.1) is 12.8 Å². The van der Waals surface area contributed by atoms with Crippen molar-refractivity contribution >= 4 is 38.7 Å². The molecule has 4 heteroatoms. The zero-order chi connectivity index (χ0) is 16.7. The molecule has 0 spiro atoms. The number of aromatic amines is 1. The van der Waals surface area contributed by atoms with Gasteiger partial charge < -0.3 is 9.72 Å². The highest BCUT2D eigenvalue weighted by atomic mass is 79.9. The van der Waals surface area contributed by atoms with Gasteiger partial charge in [-0.15, -0.1) is 0 Å². The van der Waals surface area contributed by atoms with Gasteiger partial charge in [-0.2, -0.15) is 0 Å². The number of rotatable bonds is 2. The minimum atomic E-state index is 0.0782.